The predicted octanol–water partition coefficient (Wildman–Crippen LogP) is 4.77. The lowest BCUT2D eigenvalue weighted by molar-refractivity contribution is -0.253. The van der Waals surface area contributed by atoms with Gasteiger partial charge in [-0.25, -0.2) is 5.06 Å². The third-order valence-corrected chi connectivity index (χ3v) is 10.0. The van der Waals surface area contributed by atoms with Crippen LogP contribution < -0.4 is 0 Å². The Balaban J connectivity index is 1.99. The van der Waals surface area contributed by atoms with Crippen LogP contribution >= 0.6 is 0 Å². The van der Waals surface area contributed by atoms with Crippen LogP contribution in [0.5, 0.6) is 0 Å². The average Bonchev–Trinajstić information content (AvgIpc) is 2.55. The second-order valence-corrected chi connectivity index (χ2v) is 13.3. The van der Waals surface area contributed by atoms with Crippen LogP contribution in [0.15, 0.2) is 30.3 Å². The number of amides is 1. The Morgan fingerprint density at radius 3 is 2.36 bits per heavy atom. The lowest BCUT2D eigenvalue weighted by Gasteiger charge is -2.47. The molecule has 2 rings (SSSR count). The summed E-state index contributed by atoms with van der Waals surface area (Å²) in [5.74, 6) is 0.132. The summed E-state index contributed by atoms with van der Waals surface area (Å²) in [6.07, 6.45) is 1.90. The standard InChI is InChI=1S/C20H33NO3Si/c1-7-11-17-18(15-24-25(5,6)20(2,3)4)21(19(17)22)23-14-16-12-9-8-10-13-16/h8-10,12-13,17-18H,7,11,14-15H2,1-6H3/t17-,18-/m0/s1. The van der Waals surface area contributed by atoms with Crippen molar-refractivity contribution in [2.24, 2.45) is 5.92 Å². The Morgan fingerprint density at radius 1 is 1.16 bits per heavy atom. The van der Waals surface area contributed by atoms with Crippen molar-refractivity contribution in [3.05, 3.63) is 35.9 Å². The number of nitrogens with zero attached hydrogens (tertiary/aromatic N) is 1. The molecule has 1 heterocycles. The van der Waals surface area contributed by atoms with Gasteiger partial charge in [0, 0.05) is 0 Å². The van der Waals surface area contributed by atoms with E-state index in [4.69, 9.17) is 9.26 Å². The summed E-state index contributed by atoms with van der Waals surface area (Å²) >= 11 is 0. The van der Waals surface area contributed by atoms with E-state index in [0.717, 1.165) is 18.4 Å². The summed E-state index contributed by atoms with van der Waals surface area (Å²) < 4.78 is 6.37. The van der Waals surface area contributed by atoms with Crippen LogP contribution in [0.2, 0.25) is 18.1 Å². The predicted molar refractivity (Wildman–Crippen MR) is 103 cm³/mol. The summed E-state index contributed by atoms with van der Waals surface area (Å²) in [4.78, 5) is 18.3. The minimum absolute atomic E-state index is 0.0327. The van der Waals surface area contributed by atoms with Crippen LogP contribution in [0.4, 0.5) is 0 Å². The minimum atomic E-state index is -1.83. The van der Waals surface area contributed by atoms with Gasteiger partial charge in [0.1, 0.15) is 6.61 Å². The van der Waals surface area contributed by atoms with Gasteiger partial charge in [-0.05, 0) is 30.1 Å². The number of carbonyl (C=O) groups excluding carboxylic acids is 1. The smallest absolute Gasteiger partial charge is 0.251 e. The number of hydrogen-bond donors (Lipinski definition) is 0. The first-order valence-corrected chi connectivity index (χ1v) is 12.2. The van der Waals surface area contributed by atoms with Gasteiger partial charge < -0.3 is 4.43 Å². The van der Waals surface area contributed by atoms with Gasteiger partial charge in [-0.2, -0.15) is 0 Å². The molecule has 4 nitrogen and oxygen atoms in total. The molecular formula is C20H33NO3Si. The quantitative estimate of drug-likeness (QED) is 0.493. The molecule has 1 fully saturated rings. The van der Waals surface area contributed by atoms with E-state index in [1.165, 1.54) is 0 Å². The van der Waals surface area contributed by atoms with Crippen molar-refractivity contribution in [3.63, 3.8) is 0 Å². The minimum Gasteiger partial charge on any atom is -0.415 e. The van der Waals surface area contributed by atoms with E-state index in [2.05, 4.69) is 40.8 Å². The summed E-state index contributed by atoms with van der Waals surface area (Å²) in [5.41, 5.74) is 1.07. The van der Waals surface area contributed by atoms with Crippen molar-refractivity contribution in [1.29, 1.82) is 0 Å². The fourth-order valence-corrected chi connectivity index (χ4v) is 3.79. The number of benzene rings is 1. The highest BCUT2D eigenvalue weighted by molar-refractivity contribution is 6.74. The Bertz CT molecular complexity index is 568. The molecule has 140 valence electrons. The van der Waals surface area contributed by atoms with Crippen molar-refractivity contribution in [2.45, 2.75) is 71.3 Å². The van der Waals surface area contributed by atoms with E-state index in [-0.39, 0.29) is 22.9 Å². The van der Waals surface area contributed by atoms with Gasteiger partial charge in [0.2, 0.25) is 0 Å². The fraction of sp³-hybridized carbons (Fsp3) is 0.650. The van der Waals surface area contributed by atoms with Crippen molar-refractivity contribution >= 4 is 14.2 Å². The number of hydroxylamine groups is 2. The van der Waals surface area contributed by atoms with E-state index >= 15 is 0 Å². The Morgan fingerprint density at radius 2 is 1.80 bits per heavy atom. The second kappa shape index (κ2) is 8.02. The molecule has 1 aromatic carbocycles. The molecule has 1 aliphatic rings. The highest BCUT2D eigenvalue weighted by atomic mass is 28.4. The Labute approximate surface area is 153 Å². The normalized spacial score (nSPS) is 21.4. The van der Waals surface area contributed by atoms with Gasteiger partial charge in [-0.3, -0.25) is 9.63 Å². The van der Waals surface area contributed by atoms with Gasteiger partial charge in [0.25, 0.3) is 5.91 Å². The van der Waals surface area contributed by atoms with Gasteiger partial charge >= 0.3 is 0 Å². The summed E-state index contributed by atoms with van der Waals surface area (Å²) in [5, 5.41) is 1.72. The lowest BCUT2D eigenvalue weighted by atomic mass is 9.86. The lowest BCUT2D eigenvalue weighted by Crippen LogP contribution is -2.63. The molecule has 0 radical (unpaired) electrons. The first-order chi connectivity index (χ1) is 11.7. The summed E-state index contributed by atoms with van der Waals surface area (Å²) in [6, 6.07) is 9.99. The highest BCUT2D eigenvalue weighted by Gasteiger charge is 2.49. The van der Waals surface area contributed by atoms with Crippen LogP contribution in [0.1, 0.15) is 46.1 Å². The number of carbonyl (C=O) groups is 1. The molecule has 0 unspecified atom stereocenters. The Hall–Kier alpha value is -1.17. The largest absolute Gasteiger partial charge is 0.415 e. The zero-order valence-corrected chi connectivity index (χ0v) is 17.5. The maximum absolute atomic E-state index is 12.5. The van der Waals surface area contributed by atoms with E-state index < -0.39 is 8.32 Å². The SMILES string of the molecule is CCC[C@@H]1C(=O)N(OCc2ccccc2)[C@H]1CO[Si](C)(C)C(C)(C)C. The van der Waals surface area contributed by atoms with Gasteiger partial charge in [0.05, 0.1) is 18.6 Å². The van der Waals surface area contributed by atoms with Crippen LogP contribution in [0.25, 0.3) is 0 Å². The van der Waals surface area contributed by atoms with E-state index in [1.54, 1.807) is 5.06 Å². The second-order valence-electron chi connectivity index (χ2n) is 8.46. The topological polar surface area (TPSA) is 38.8 Å². The van der Waals surface area contributed by atoms with E-state index in [0.29, 0.717) is 13.2 Å². The molecule has 1 saturated heterocycles. The molecule has 0 saturated carbocycles. The van der Waals surface area contributed by atoms with Crippen molar-refractivity contribution in [1.82, 2.24) is 5.06 Å². The first-order valence-electron chi connectivity index (χ1n) is 9.31. The van der Waals surface area contributed by atoms with Crippen LogP contribution in [-0.4, -0.2) is 31.9 Å². The third-order valence-electron chi connectivity index (χ3n) is 5.53. The number of hydrogen-bond acceptors (Lipinski definition) is 3. The highest BCUT2D eigenvalue weighted by Crippen LogP contribution is 2.38. The molecular weight excluding hydrogens is 330 g/mol. The molecule has 0 bridgehead atoms. The molecule has 0 spiro atoms. The maximum Gasteiger partial charge on any atom is 0.251 e. The summed E-state index contributed by atoms with van der Waals surface area (Å²) in [7, 11) is -1.83. The number of β-lactam (4-membered cyclic amide) rings is 1. The van der Waals surface area contributed by atoms with Gasteiger partial charge in [-0.1, -0.05) is 64.4 Å². The first kappa shape index (κ1) is 20.1. The molecule has 1 aromatic rings. The molecule has 1 amide bonds. The van der Waals surface area contributed by atoms with E-state index in [9.17, 15) is 4.79 Å². The van der Waals surface area contributed by atoms with Crippen molar-refractivity contribution < 1.29 is 14.1 Å². The third kappa shape index (κ3) is 4.71. The number of rotatable bonds is 8. The van der Waals surface area contributed by atoms with Crippen molar-refractivity contribution in [3.8, 4) is 0 Å². The molecule has 0 N–H and O–H groups in total. The molecule has 2 atom stereocenters. The van der Waals surface area contributed by atoms with Crippen LogP contribution in [0.3, 0.4) is 0 Å². The molecule has 0 aromatic heterocycles. The fourth-order valence-electron chi connectivity index (χ4n) is 2.77. The monoisotopic (exact) mass is 363 g/mol. The molecule has 0 aliphatic carbocycles. The van der Waals surface area contributed by atoms with E-state index in [1.807, 2.05) is 30.3 Å². The van der Waals surface area contributed by atoms with Gasteiger partial charge in [-0.15, -0.1) is 0 Å². The van der Waals surface area contributed by atoms with Crippen LogP contribution in [-0.2, 0) is 20.7 Å². The Kier molecular flexibility index (Phi) is 6.46. The maximum atomic E-state index is 12.5. The summed E-state index contributed by atoms with van der Waals surface area (Å²) in [6.45, 7) is 14.3. The molecule has 25 heavy (non-hydrogen) atoms. The zero-order chi connectivity index (χ0) is 18.7. The average molecular weight is 364 g/mol. The molecule has 5 heteroatoms. The van der Waals surface area contributed by atoms with Crippen LogP contribution in [0, 0.1) is 5.92 Å². The van der Waals surface area contributed by atoms with Crippen molar-refractivity contribution in [2.75, 3.05) is 6.61 Å². The zero-order valence-electron chi connectivity index (χ0n) is 16.5. The van der Waals surface area contributed by atoms with Gasteiger partial charge in [0.15, 0.2) is 8.32 Å². The molecule has 1 aliphatic heterocycles.